The third-order valence-electron chi connectivity index (χ3n) is 4.14. The van der Waals surface area contributed by atoms with Crippen LogP contribution < -0.4 is 5.69 Å². The SMILES string of the molecule is O=c1[nH]c2cnc(CCCCCN3CCCCC3)nc2[nH]1. The maximum atomic E-state index is 11.2. The number of unbranched alkanes of at least 4 members (excludes halogenated alkanes) is 2. The standard InChI is InChI=1S/C15H23N5O/c21-15-17-12-11-16-13(18-14(12)19-15)7-3-1-4-8-20-9-5-2-6-10-20/h11H,1-10H2,(H2,16,17,18,19,21). The summed E-state index contributed by atoms with van der Waals surface area (Å²) in [5, 5.41) is 0. The molecule has 1 aliphatic rings. The number of piperidine rings is 1. The van der Waals surface area contributed by atoms with Gasteiger partial charge in [0.05, 0.1) is 6.20 Å². The van der Waals surface area contributed by atoms with E-state index in [1.165, 1.54) is 51.7 Å². The lowest BCUT2D eigenvalue weighted by Gasteiger charge is -2.26. The van der Waals surface area contributed by atoms with Crippen molar-refractivity contribution in [3.05, 3.63) is 22.5 Å². The van der Waals surface area contributed by atoms with Crippen molar-refractivity contribution in [2.24, 2.45) is 0 Å². The number of aromatic nitrogens is 4. The van der Waals surface area contributed by atoms with E-state index in [-0.39, 0.29) is 5.69 Å². The number of fused-ring (bicyclic) bond motifs is 1. The predicted molar refractivity (Wildman–Crippen MR) is 82.4 cm³/mol. The molecule has 2 aromatic rings. The molecule has 114 valence electrons. The largest absolute Gasteiger partial charge is 0.325 e. The van der Waals surface area contributed by atoms with Crippen LogP contribution in [0.15, 0.2) is 11.0 Å². The highest BCUT2D eigenvalue weighted by atomic mass is 16.1. The van der Waals surface area contributed by atoms with Gasteiger partial charge in [-0.25, -0.2) is 14.8 Å². The normalized spacial score (nSPS) is 16.6. The van der Waals surface area contributed by atoms with Gasteiger partial charge in [0.1, 0.15) is 11.3 Å². The van der Waals surface area contributed by atoms with Crippen LogP contribution in [-0.4, -0.2) is 44.5 Å². The van der Waals surface area contributed by atoms with Crippen LogP contribution in [0.3, 0.4) is 0 Å². The number of aryl methyl sites for hydroxylation is 1. The third-order valence-corrected chi connectivity index (χ3v) is 4.14. The minimum absolute atomic E-state index is 0.224. The second-order valence-electron chi connectivity index (χ2n) is 5.84. The lowest BCUT2D eigenvalue weighted by atomic mass is 10.1. The highest BCUT2D eigenvalue weighted by Gasteiger charge is 2.09. The van der Waals surface area contributed by atoms with Gasteiger partial charge in [-0.3, -0.25) is 4.98 Å². The Morgan fingerprint density at radius 3 is 2.81 bits per heavy atom. The fraction of sp³-hybridized carbons (Fsp3) is 0.667. The molecule has 0 spiro atoms. The molecule has 6 heteroatoms. The zero-order valence-corrected chi connectivity index (χ0v) is 12.4. The molecule has 2 aromatic heterocycles. The molecule has 0 radical (unpaired) electrons. The molecular weight excluding hydrogens is 266 g/mol. The Labute approximate surface area is 124 Å². The Bertz CT molecular complexity index is 626. The average molecular weight is 289 g/mol. The zero-order valence-electron chi connectivity index (χ0n) is 12.4. The highest BCUT2D eigenvalue weighted by molar-refractivity contribution is 5.67. The first-order valence-electron chi connectivity index (χ1n) is 7.97. The molecule has 1 fully saturated rings. The fourth-order valence-electron chi connectivity index (χ4n) is 2.96. The second-order valence-corrected chi connectivity index (χ2v) is 5.84. The van der Waals surface area contributed by atoms with E-state index in [9.17, 15) is 4.79 Å². The van der Waals surface area contributed by atoms with Gasteiger partial charge in [-0.15, -0.1) is 0 Å². The fourth-order valence-corrected chi connectivity index (χ4v) is 2.96. The van der Waals surface area contributed by atoms with E-state index in [4.69, 9.17) is 0 Å². The van der Waals surface area contributed by atoms with Gasteiger partial charge in [-0.1, -0.05) is 12.8 Å². The molecule has 0 atom stereocenters. The summed E-state index contributed by atoms with van der Waals surface area (Å²) in [4.78, 5) is 27.7. The Hall–Kier alpha value is -1.69. The number of hydrogen-bond acceptors (Lipinski definition) is 4. The van der Waals surface area contributed by atoms with Crippen molar-refractivity contribution in [2.45, 2.75) is 44.9 Å². The van der Waals surface area contributed by atoms with Gasteiger partial charge in [0.2, 0.25) is 0 Å². The van der Waals surface area contributed by atoms with Gasteiger partial charge in [-0.05, 0) is 45.3 Å². The summed E-state index contributed by atoms with van der Waals surface area (Å²) in [5.41, 5.74) is 1.06. The summed E-state index contributed by atoms with van der Waals surface area (Å²) < 4.78 is 0. The van der Waals surface area contributed by atoms with Crippen molar-refractivity contribution < 1.29 is 0 Å². The first kappa shape index (κ1) is 14.3. The van der Waals surface area contributed by atoms with Crippen molar-refractivity contribution >= 4 is 11.2 Å². The van der Waals surface area contributed by atoms with Gasteiger partial charge in [0.15, 0.2) is 5.65 Å². The van der Waals surface area contributed by atoms with Crippen molar-refractivity contribution in [2.75, 3.05) is 19.6 Å². The molecule has 2 N–H and O–H groups in total. The van der Waals surface area contributed by atoms with Crippen LogP contribution in [0.25, 0.3) is 11.2 Å². The molecule has 0 saturated carbocycles. The first-order chi connectivity index (χ1) is 10.3. The molecule has 0 bridgehead atoms. The molecule has 0 amide bonds. The maximum absolute atomic E-state index is 11.2. The number of likely N-dealkylation sites (tertiary alicyclic amines) is 1. The minimum Gasteiger partial charge on any atom is -0.303 e. The molecule has 21 heavy (non-hydrogen) atoms. The molecule has 1 aliphatic heterocycles. The Morgan fingerprint density at radius 2 is 1.95 bits per heavy atom. The number of nitrogens with one attached hydrogen (secondary N) is 2. The Morgan fingerprint density at radius 1 is 1.10 bits per heavy atom. The number of imidazole rings is 1. The highest BCUT2D eigenvalue weighted by Crippen LogP contribution is 2.11. The molecule has 0 aromatic carbocycles. The van der Waals surface area contributed by atoms with Crippen LogP contribution in [0.2, 0.25) is 0 Å². The molecule has 0 unspecified atom stereocenters. The Kier molecular flexibility index (Phi) is 4.65. The predicted octanol–water partition coefficient (Wildman–Crippen LogP) is 1.84. The van der Waals surface area contributed by atoms with Gasteiger partial charge in [0.25, 0.3) is 0 Å². The number of H-pyrrole nitrogens is 2. The summed E-state index contributed by atoms with van der Waals surface area (Å²) >= 11 is 0. The summed E-state index contributed by atoms with van der Waals surface area (Å²) in [6, 6.07) is 0. The van der Waals surface area contributed by atoms with Crippen LogP contribution in [0, 0.1) is 0 Å². The average Bonchev–Trinajstić information content (AvgIpc) is 2.87. The topological polar surface area (TPSA) is 77.7 Å². The molecule has 6 nitrogen and oxygen atoms in total. The summed E-state index contributed by atoms with van der Waals surface area (Å²) in [5.74, 6) is 0.815. The lowest BCUT2D eigenvalue weighted by molar-refractivity contribution is 0.224. The van der Waals surface area contributed by atoms with E-state index >= 15 is 0 Å². The van der Waals surface area contributed by atoms with E-state index in [0.717, 1.165) is 18.7 Å². The molecule has 0 aliphatic carbocycles. The van der Waals surface area contributed by atoms with Crippen LogP contribution >= 0.6 is 0 Å². The number of hydrogen-bond donors (Lipinski definition) is 2. The number of rotatable bonds is 6. The monoisotopic (exact) mass is 289 g/mol. The zero-order chi connectivity index (χ0) is 14.5. The minimum atomic E-state index is -0.224. The molecule has 3 rings (SSSR count). The first-order valence-corrected chi connectivity index (χ1v) is 7.97. The maximum Gasteiger partial charge on any atom is 0.325 e. The summed E-state index contributed by atoms with van der Waals surface area (Å²) in [7, 11) is 0. The van der Waals surface area contributed by atoms with E-state index in [0.29, 0.717) is 11.2 Å². The van der Waals surface area contributed by atoms with Crippen LogP contribution in [0.5, 0.6) is 0 Å². The van der Waals surface area contributed by atoms with Gasteiger partial charge in [0, 0.05) is 6.42 Å². The van der Waals surface area contributed by atoms with E-state index in [2.05, 4.69) is 24.8 Å². The lowest BCUT2D eigenvalue weighted by Crippen LogP contribution is -2.30. The molecular formula is C15H23N5O. The van der Waals surface area contributed by atoms with Crippen molar-refractivity contribution in [1.82, 2.24) is 24.8 Å². The smallest absolute Gasteiger partial charge is 0.303 e. The summed E-state index contributed by atoms with van der Waals surface area (Å²) in [6.07, 6.45) is 10.3. The van der Waals surface area contributed by atoms with Gasteiger partial charge >= 0.3 is 5.69 Å². The van der Waals surface area contributed by atoms with Crippen LogP contribution in [-0.2, 0) is 6.42 Å². The van der Waals surface area contributed by atoms with Gasteiger partial charge in [-0.2, -0.15) is 0 Å². The van der Waals surface area contributed by atoms with Crippen LogP contribution in [0.4, 0.5) is 0 Å². The van der Waals surface area contributed by atoms with Crippen molar-refractivity contribution in [3.63, 3.8) is 0 Å². The number of nitrogens with zero attached hydrogens (tertiary/aromatic N) is 3. The molecule has 3 heterocycles. The van der Waals surface area contributed by atoms with Gasteiger partial charge < -0.3 is 9.88 Å². The van der Waals surface area contributed by atoms with E-state index in [1.807, 2.05) is 0 Å². The van der Waals surface area contributed by atoms with Crippen molar-refractivity contribution in [1.29, 1.82) is 0 Å². The second kappa shape index (κ2) is 6.85. The quantitative estimate of drug-likeness (QED) is 0.796. The van der Waals surface area contributed by atoms with Crippen molar-refractivity contribution in [3.8, 4) is 0 Å². The summed E-state index contributed by atoms with van der Waals surface area (Å²) in [6.45, 7) is 3.78. The number of aromatic amines is 2. The van der Waals surface area contributed by atoms with E-state index in [1.54, 1.807) is 6.20 Å². The molecule has 1 saturated heterocycles. The van der Waals surface area contributed by atoms with E-state index < -0.39 is 0 Å². The Balaban J connectivity index is 1.40. The van der Waals surface area contributed by atoms with Crippen LogP contribution in [0.1, 0.15) is 44.3 Å². The third kappa shape index (κ3) is 3.91.